The lowest BCUT2D eigenvalue weighted by Gasteiger charge is -2.48. The number of unbranched alkanes of at least 4 members (excludes halogenated alkanes) is 3. The molecule has 3 aliphatic heterocycles. The van der Waals surface area contributed by atoms with Crippen LogP contribution in [0.1, 0.15) is 57.4 Å². The summed E-state index contributed by atoms with van der Waals surface area (Å²) in [5, 5.41) is 110. The first-order chi connectivity index (χ1) is 31.6. The van der Waals surface area contributed by atoms with Crippen molar-refractivity contribution in [2.75, 3.05) is 39.6 Å². The first-order valence-corrected chi connectivity index (χ1v) is 22.5. The van der Waals surface area contributed by atoms with E-state index < -0.39 is 124 Å². The molecule has 5 rings (SSSR count). The van der Waals surface area contributed by atoms with E-state index in [2.05, 4.69) is 16.7 Å². The third kappa shape index (κ3) is 14.8. The highest BCUT2D eigenvalue weighted by atomic mass is 16.8. The van der Waals surface area contributed by atoms with Gasteiger partial charge in [0.05, 0.1) is 26.4 Å². The van der Waals surface area contributed by atoms with Crippen molar-refractivity contribution in [1.82, 2.24) is 10.6 Å². The van der Waals surface area contributed by atoms with Gasteiger partial charge in [0, 0.05) is 13.3 Å². The quantitative estimate of drug-likeness (QED) is 0.0373. The van der Waals surface area contributed by atoms with Gasteiger partial charge in [-0.15, -0.1) is 0 Å². The Bertz CT molecular complexity index is 1760. The van der Waals surface area contributed by atoms with Crippen LogP contribution >= 0.6 is 0 Å². The molecule has 0 aliphatic carbocycles. The molecule has 0 saturated carbocycles. The number of carbonyl (C=O) groups excluding carboxylic acids is 2. The van der Waals surface area contributed by atoms with Gasteiger partial charge in [0.2, 0.25) is 5.91 Å². The zero-order valence-electron chi connectivity index (χ0n) is 37.2. The minimum absolute atomic E-state index is 0.00626. The topological polar surface area (TPSA) is 325 Å². The van der Waals surface area contributed by atoms with Crippen LogP contribution in [0.4, 0.5) is 0 Å². The Morgan fingerprint density at radius 3 is 1.98 bits per heavy atom. The largest absolute Gasteiger partial charge is 0.486 e. The van der Waals surface area contributed by atoms with Gasteiger partial charge in [0.25, 0.3) is 0 Å². The van der Waals surface area contributed by atoms with E-state index in [-0.39, 0.29) is 19.0 Å². The molecule has 3 aliphatic rings. The third-order valence-electron chi connectivity index (χ3n) is 11.7. The first-order valence-electron chi connectivity index (χ1n) is 22.5. The number of amides is 1. The van der Waals surface area contributed by atoms with Gasteiger partial charge >= 0.3 is 0 Å². The molecule has 0 bridgehead atoms. The zero-order valence-corrected chi connectivity index (χ0v) is 37.2. The Kier molecular flexibility index (Phi) is 21.5. The van der Waals surface area contributed by atoms with E-state index in [1.165, 1.54) is 12.5 Å². The minimum Gasteiger partial charge on any atom is -0.486 e. The molecule has 3 heterocycles. The number of aliphatic hydroxyl groups excluding tert-OH is 10. The summed E-state index contributed by atoms with van der Waals surface area (Å²) in [5.41, 5.74) is 3.37. The van der Waals surface area contributed by atoms with Gasteiger partial charge in [0.15, 0.2) is 24.7 Å². The first kappa shape index (κ1) is 53.7. The normalized spacial score (nSPS) is 33.0. The van der Waals surface area contributed by atoms with E-state index in [9.17, 15) is 60.7 Å². The van der Waals surface area contributed by atoms with Crippen molar-refractivity contribution in [3.8, 4) is 16.9 Å². The summed E-state index contributed by atoms with van der Waals surface area (Å²) in [5.74, 6) is 0.0748. The lowest BCUT2D eigenvalue weighted by molar-refractivity contribution is -0.376. The average Bonchev–Trinajstić information content (AvgIpc) is 3.30. The van der Waals surface area contributed by atoms with Gasteiger partial charge in [0.1, 0.15) is 91.8 Å². The van der Waals surface area contributed by atoms with Crippen LogP contribution in [-0.4, -0.2) is 201 Å². The fourth-order valence-electron chi connectivity index (χ4n) is 8.04. The summed E-state index contributed by atoms with van der Waals surface area (Å²) in [6.45, 7) is 1.24. The lowest BCUT2D eigenvalue weighted by atomic mass is 9.95. The molecule has 0 spiro atoms. The summed E-state index contributed by atoms with van der Waals surface area (Å²) in [6.07, 6.45) is -19.7. The van der Waals surface area contributed by atoms with Gasteiger partial charge in [-0.3, -0.25) is 14.9 Å². The van der Waals surface area contributed by atoms with Crippen LogP contribution in [0.15, 0.2) is 48.5 Å². The van der Waals surface area contributed by atoms with E-state index in [0.717, 1.165) is 30.4 Å². The fraction of sp³-hybridized carbons (Fsp3) is 0.689. The van der Waals surface area contributed by atoms with Gasteiger partial charge in [-0.05, 0) is 62.4 Å². The molecule has 2 aromatic carbocycles. The molecule has 0 aromatic heterocycles. The molecule has 21 nitrogen and oxygen atoms in total. The Morgan fingerprint density at radius 2 is 1.32 bits per heavy atom. The van der Waals surface area contributed by atoms with Crippen LogP contribution in [0.3, 0.4) is 0 Å². The molecule has 2 aromatic rings. The highest BCUT2D eigenvalue weighted by Crippen LogP contribution is 2.33. The average molecular weight is 941 g/mol. The van der Waals surface area contributed by atoms with E-state index in [4.69, 9.17) is 33.2 Å². The molecule has 3 saturated heterocycles. The van der Waals surface area contributed by atoms with Gasteiger partial charge in [-0.1, -0.05) is 54.8 Å². The van der Waals surface area contributed by atoms with E-state index in [1.807, 2.05) is 49.4 Å². The summed E-state index contributed by atoms with van der Waals surface area (Å²) >= 11 is 0. The van der Waals surface area contributed by atoms with Crippen molar-refractivity contribution in [2.24, 2.45) is 0 Å². The number of hydrogen-bond donors (Lipinski definition) is 12. The van der Waals surface area contributed by atoms with Crippen LogP contribution < -0.4 is 15.4 Å². The number of ether oxygens (including phenoxy) is 7. The van der Waals surface area contributed by atoms with Gasteiger partial charge in [-0.25, -0.2) is 0 Å². The van der Waals surface area contributed by atoms with Crippen molar-refractivity contribution < 1.29 is 93.8 Å². The van der Waals surface area contributed by atoms with Crippen LogP contribution in [0, 0.1) is 6.92 Å². The standard InChI is InChI=1S/C45H68N2O19/c1-24-9-7-10-27(19-24)26-13-15-29(16-14-26)61-23-28(52)11-5-3-4-6-12-33(53)46-17-8-18-60-43-34(47-25(2)51)37(56)41(32(22-50)64-43)65-45-40(59)42(36(55)31(21-49)63-45)66-44-39(58)38(57)35(54)30(20-48)62-44/h7,9-10,13-16,19,30-46,48-50,53-59H,3-6,8,11-12,17-18,20-23H2,1-2H3,(H,47,51)/t30?,31?,32?,33?,34?,35-,36-,37+,38-,39?,40?,41+,42-,43+,44+,45-/m0/s1. The van der Waals surface area contributed by atoms with Gasteiger partial charge < -0.3 is 89.5 Å². The Morgan fingerprint density at radius 1 is 0.682 bits per heavy atom. The molecule has 3 fully saturated rings. The van der Waals surface area contributed by atoms with Crippen LogP contribution in [0.5, 0.6) is 5.75 Å². The van der Waals surface area contributed by atoms with Crippen molar-refractivity contribution in [2.45, 2.75) is 157 Å². The second-order valence-electron chi connectivity index (χ2n) is 16.9. The third-order valence-corrected chi connectivity index (χ3v) is 11.7. The van der Waals surface area contributed by atoms with Crippen molar-refractivity contribution >= 4 is 11.7 Å². The number of ketones is 1. The maximum atomic E-state index is 12.4. The number of benzene rings is 2. The summed E-state index contributed by atoms with van der Waals surface area (Å²) in [4.78, 5) is 24.6. The number of nitrogens with one attached hydrogen (secondary N) is 2. The second kappa shape index (κ2) is 26.5. The molecule has 66 heavy (non-hydrogen) atoms. The number of Topliss-reactive ketones (excluding diaryl/α,β-unsaturated/α-hetero) is 1. The predicted molar refractivity (Wildman–Crippen MR) is 230 cm³/mol. The number of hydrogen-bond acceptors (Lipinski definition) is 20. The number of rotatable bonds is 25. The monoisotopic (exact) mass is 940 g/mol. The molecule has 372 valence electrons. The molecular formula is C45H68N2O19. The van der Waals surface area contributed by atoms with E-state index in [1.54, 1.807) is 0 Å². The maximum absolute atomic E-state index is 12.4. The smallest absolute Gasteiger partial charge is 0.217 e. The molecule has 21 heteroatoms. The summed E-state index contributed by atoms with van der Waals surface area (Å²) in [7, 11) is 0. The SMILES string of the molecule is CC(=O)NC1[C@H](OCCCNC(O)CCCCCCC(=O)COc2ccc(-c3cccc(C)c3)cc2)OC(CO)[C@@H](O[C@@H]2OC(CO)[C@H](O)[C@H](O[C@H]3OC(CO)[C@H](O)[C@H](O)C3O)C2O)[C@@H]1O. The van der Waals surface area contributed by atoms with E-state index >= 15 is 0 Å². The number of carbonyl (C=O) groups is 2. The Labute approximate surface area is 383 Å². The van der Waals surface area contributed by atoms with E-state index in [0.29, 0.717) is 38.0 Å². The maximum Gasteiger partial charge on any atom is 0.217 e. The van der Waals surface area contributed by atoms with Crippen molar-refractivity contribution in [1.29, 1.82) is 0 Å². The second-order valence-corrected chi connectivity index (χ2v) is 16.9. The van der Waals surface area contributed by atoms with Crippen LogP contribution in [0.2, 0.25) is 0 Å². The highest BCUT2D eigenvalue weighted by molar-refractivity contribution is 5.80. The number of aryl methyl sites for hydroxylation is 1. The fourth-order valence-corrected chi connectivity index (χ4v) is 8.04. The Balaban J connectivity index is 1.01. The minimum atomic E-state index is -1.94. The lowest BCUT2D eigenvalue weighted by Crippen LogP contribution is -2.68. The number of aliphatic hydroxyl groups is 10. The predicted octanol–water partition coefficient (Wildman–Crippen LogP) is -2.14. The van der Waals surface area contributed by atoms with Gasteiger partial charge in [-0.2, -0.15) is 0 Å². The van der Waals surface area contributed by atoms with Crippen LogP contribution in [0.25, 0.3) is 11.1 Å². The highest BCUT2D eigenvalue weighted by Gasteiger charge is 2.54. The zero-order chi connectivity index (χ0) is 47.9. The van der Waals surface area contributed by atoms with Crippen LogP contribution in [-0.2, 0) is 38.0 Å². The molecule has 1 amide bonds. The summed E-state index contributed by atoms with van der Waals surface area (Å²) in [6, 6.07) is 14.6. The summed E-state index contributed by atoms with van der Waals surface area (Å²) < 4.78 is 39.9. The molecule has 0 radical (unpaired) electrons. The van der Waals surface area contributed by atoms with Crippen molar-refractivity contribution in [3.05, 3.63) is 54.1 Å². The molecule has 7 unspecified atom stereocenters. The molecular weight excluding hydrogens is 872 g/mol. The molecule has 16 atom stereocenters. The molecule has 12 N–H and O–H groups in total. The Hall–Kier alpha value is -3.30. The van der Waals surface area contributed by atoms with Crippen molar-refractivity contribution in [3.63, 3.8) is 0 Å².